The quantitative estimate of drug-likeness (QED) is 0.169. The van der Waals surface area contributed by atoms with Crippen LogP contribution in [0.5, 0.6) is 5.75 Å². The molecule has 33 heavy (non-hydrogen) atoms. The van der Waals surface area contributed by atoms with Crippen molar-refractivity contribution in [2.45, 2.75) is 14.7 Å². The molecular weight excluding hydrogens is 497 g/mol. The molecule has 0 amide bonds. The monoisotopic (exact) mass is 523 g/mol. The molecule has 11 heteroatoms. The van der Waals surface area contributed by atoms with E-state index in [9.17, 15) is 14.4 Å². The van der Waals surface area contributed by atoms with Crippen molar-refractivity contribution in [3.63, 3.8) is 0 Å². The van der Waals surface area contributed by atoms with Crippen LogP contribution in [-0.4, -0.2) is 65.0 Å². The molecule has 2 N–H and O–H groups in total. The van der Waals surface area contributed by atoms with E-state index in [1.165, 1.54) is 23.9 Å². The molecule has 0 atom stereocenters. The first-order chi connectivity index (χ1) is 15.5. The minimum absolute atomic E-state index is 0.206. The van der Waals surface area contributed by atoms with Crippen LogP contribution in [0.1, 0.15) is 0 Å². The minimum Gasteiger partial charge on any atom is -0.402 e. The number of nitrogens with zero attached hydrogens (tertiary/aromatic N) is 3. The first kappa shape index (κ1) is 24.9. The van der Waals surface area contributed by atoms with Crippen molar-refractivity contribution in [3.05, 3.63) is 36.4 Å². The maximum atomic E-state index is 12.1. The summed E-state index contributed by atoms with van der Waals surface area (Å²) in [4.78, 5) is 22.3. The zero-order chi connectivity index (χ0) is 24.1. The molecule has 0 bridgehead atoms. The maximum Gasteiger partial charge on any atom is 0.524 e. The van der Waals surface area contributed by atoms with Crippen molar-refractivity contribution < 1.29 is 18.9 Å². The Morgan fingerprint density at radius 3 is 1.97 bits per heavy atom. The molecule has 0 saturated carbocycles. The van der Waals surface area contributed by atoms with Crippen LogP contribution in [-0.2, 0) is 4.57 Å². The van der Waals surface area contributed by atoms with Gasteiger partial charge in [-0.2, -0.15) is 0 Å². The van der Waals surface area contributed by atoms with E-state index < -0.39 is 7.82 Å². The van der Waals surface area contributed by atoms with Crippen LogP contribution >= 0.6 is 43.7 Å². The highest BCUT2D eigenvalue weighted by atomic mass is 32.2. The Bertz CT molecular complexity index is 1370. The van der Waals surface area contributed by atoms with Gasteiger partial charge in [-0.05, 0) is 106 Å². The lowest BCUT2D eigenvalue weighted by Crippen LogP contribution is -2.07. The van der Waals surface area contributed by atoms with E-state index in [0.29, 0.717) is 10.3 Å². The molecule has 4 aromatic rings. The van der Waals surface area contributed by atoms with E-state index in [-0.39, 0.29) is 5.75 Å². The zero-order valence-corrected chi connectivity index (χ0v) is 22.5. The Morgan fingerprint density at radius 2 is 1.36 bits per heavy atom. The Balaban J connectivity index is 2.28. The van der Waals surface area contributed by atoms with E-state index >= 15 is 0 Å². The topological polar surface area (TPSA) is 76.5 Å². The fourth-order valence-electron chi connectivity index (χ4n) is 3.89. The van der Waals surface area contributed by atoms with Crippen LogP contribution in [0.25, 0.3) is 32.3 Å². The second-order valence-electron chi connectivity index (χ2n) is 8.10. The van der Waals surface area contributed by atoms with Crippen molar-refractivity contribution in [2.75, 3.05) is 42.3 Å². The molecule has 0 saturated heterocycles. The standard InChI is InChI=1S/C22H26N3O4PS3/c1-23(2)31-16-12-14-9-7-8-13-10-11-15-18(17(13)14)19(16)21(32-24(3)4)22(33-25(5)6)20(15)29-30(26,27)28/h7-12H,1-6H3,(H2,26,27,28). The van der Waals surface area contributed by atoms with Crippen LogP contribution in [0.15, 0.2) is 51.1 Å². The summed E-state index contributed by atoms with van der Waals surface area (Å²) >= 11 is 4.54. The number of phosphoric ester groups is 1. The van der Waals surface area contributed by atoms with Gasteiger partial charge < -0.3 is 4.52 Å². The van der Waals surface area contributed by atoms with Crippen molar-refractivity contribution in [1.29, 1.82) is 0 Å². The lowest BCUT2D eigenvalue weighted by molar-refractivity contribution is 0.282. The Morgan fingerprint density at radius 1 is 0.758 bits per heavy atom. The summed E-state index contributed by atoms with van der Waals surface area (Å²) in [5.41, 5.74) is 0. The maximum absolute atomic E-state index is 12.1. The smallest absolute Gasteiger partial charge is 0.402 e. The molecule has 7 nitrogen and oxygen atoms in total. The molecule has 0 spiro atoms. The second-order valence-corrected chi connectivity index (χ2v) is 13.3. The zero-order valence-electron chi connectivity index (χ0n) is 19.2. The summed E-state index contributed by atoms with van der Waals surface area (Å²) in [5, 5.41) is 5.89. The third-order valence-electron chi connectivity index (χ3n) is 4.78. The van der Waals surface area contributed by atoms with Gasteiger partial charge in [0.2, 0.25) is 0 Å². The molecule has 0 unspecified atom stereocenters. The summed E-state index contributed by atoms with van der Waals surface area (Å²) in [5.74, 6) is 0.206. The third-order valence-corrected chi connectivity index (χ3v) is 8.11. The summed E-state index contributed by atoms with van der Waals surface area (Å²) in [6.07, 6.45) is 0. The van der Waals surface area contributed by atoms with E-state index in [0.717, 1.165) is 36.7 Å². The highest BCUT2D eigenvalue weighted by molar-refractivity contribution is 8.00. The average Bonchev–Trinajstić information content (AvgIpc) is 2.68. The molecule has 0 radical (unpaired) electrons. The summed E-state index contributed by atoms with van der Waals surface area (Å²) in [6, 6.07) is 12.3. The molecule has 0 heterocycles. The van der Waals surface area contributed by atoms with Gasteiger partial charge in [0.25, 0.3) is 0 Å². The van der Waals surface area contributed by atoms with Crippen LogP contribution < -0.4 is 4.52 Å². The van der Waals surface area contributed by atoms with Crippen LogP contribution in [0.4, 0.5) is 0 Å². The van der Waals surface area contributed by atoms with Gasteiger partial charge in [-0.15, -0.1) is 0 Å². The highest BCUT2D eigenvalue weighted by Crippen LogP contribution is 2.55. The molecule has 0 aliphatic heterocycles. The average molecular weight is 524 g/mol. The lowest BCUT2D eigenvalue weighted by atomic mass is 9.94. The van der Waals surface area contributed by atoms with Crippen LogP contribution in [0.3, 0.4) is 0 Å². The van der Waals surface area contributed by atoms with Gasteiger partial charge in [0.1, 0.15) is 0 Å². The van der Waals surface area contributed by atoms with Crippen molar-refractivity contribution >= 4 is 76.0 Å². The van der Waals surface area contributed by atoms with Gasteiger partial charge in [0.15, 0.2) is 5.75 Å². The molecule has 176 valence electrons. The van der Waals surface area contributed by atoms with Gasteiger partial charge in [-0.25, -0.2) is 4.57 Å². The fourth-order valence-corrected chi connectivity index (χ4v) is 7.17. The molecule has 4 rings (SSSR count). The summed E-state index contributed by atoms with van der Waals surface area (Å²) in [6.45, 7) is 0. The third kappa shape index (κ3) is 5.10. The van der Waals surface area contributed by atoms with Gasteiger partial charge >= 0.3 is 7.82 Å². The largest absolute Gasteiger partial charge is 0.524 e. The van der Waals surface area contributed by atoms with Gasteiger partial charge in [0.05, 0.1) is 9.79 Å². The number of hydrogen-bond donors (Lipinski definition) is 2. The molecule has 4 aromatic carbocycles. The Hall–Kier alpha value is -1.20. The Labute approximate surface area is 206 Å². The fraction of sp³-hybridized carbons (Fsp3) is 0.273. The molecular formula is C22H26N3O4PS3. The molecule has 0 aliphatic rings. The first-order valence-corrected chi connectivity index (χ1v) is 13.9. The predicted octanol–water partition coefficient (Wildman–Crippen LogP) is 5.76. The summed E-state index contributed by atoms with van der Waals surface area (Å²) in [7, 11) is 6.90. The summed E-state index contributed by atoms with van der Waals surface area (Å²) < 4.78 is 23.4. The van der Waals surface area contributed by atoms with E-state index in [1.807, 2.05) is 69.1 Å². The van der Waals surface area contributed by atoms with Gasteiger partial charge in [-0.3, -0.25) is 22.7 Å². The molecule has 0 aromatic heterocycles. The van der Waals surface area contributed by atoms with Crippen molar-refractivity contribution in [2.24, 2.45) is 0 Å². The SMILES string of the molecule is CN(C)Sc1c(OP(=O)(O)O)c2ccc3cccc4cc(SN(C)C)c(c1SN(C)C)c2c34. The van der Waals surface area contributed by atoms with E-state index in [1.54, 1.807) is 11.9 Å². The van der Waals surface area contributed by atoms with Crippen LogP contribution in [0, 0.1) is 0 Å². The number of hydrogen-bond acceptors (Lipinski definition) is 8. The first-order valence-electron chi connectivity index (χ1n) is 10.0. The van der Waals surface area contributed by atoms with Crippen molar-refractivity contribution in [1.82, 2.24) is 12.9 Å². The van der Waals surface area contributed by atoms with Crippen molar-refractivity contribution in [3.8, 4) is 5.75 Å². The minimum atomic E-state index is -4.81. The predicted molar refractivity (Wildman–Crippen MR) is 141 cm³/mol. The second kappa shape index (κ2) is 9.45. The van der Waals surface area contributed by atoms with E-state index in [2.05, 4.69) is 22.5 Å². The Kier molecular flexibility index (Phi) is 7.13. The molecule has 0 fully saturated rings. The van der Waals surface area contributed by atoms with Crippen LogP contribution in [0.2, 0.25) is 0 Å². The number of phosphoric acid groups is 1. The normalized spacial score (nSPS) is 12.9. The van der Waals surface area contributed by atoms with Gasteiger partial charge in [-0.1, -0.05) is 24.3 Å². The number of benzene rings is 4. The number of rotatable bonds is 8. The van der Waals surface area contributed by atoms with Gasteiger partial charge in [0, 0.05) is 21.1 Å². The highest BCUT2D eigenvalue weighted by Gasteiger charge is 2.29. The molecule has 0 aliphatic carbocycles. The lowest BCUT2D eigenvalue weighted by Gasteiger charge is -2.26. The van der Waals surface area contributed by atoms with E-state index in [4.69, 9.17) is 4.52 Å².